The Bertz CT molecular complexity index is 783. The van der Waals surface area contributed by atoms with E-state index in [0.29, 0.717) is 33.5 Å². The lowest BCUT2D eigenvalue weighted by Gasteiger charge is -2.13. The van der Waals surface area contributed by atoms with Gasteiger partial charge in [0.05, 0.1) is 10.6 Å². The number of carbonyl (C=O) groups is 2. The van der Waals surface area contributed by atoms with Crippen molar-refractivity contribution in [2.75, 3.05) is 19.4 Å². The molecule has 0 aliphatic heterocycles. The van der Waals surface area contributed by atoms with Crippen LogP contribution in [0.2, 0.25) is 5.02 Å². The van der Waals surface area contributed by atoms with Gasteiger partial charge in [-0.1, -0.05) is 23.4 Å². The lowest BCUT2D eigenvalue weighted by Crippen LogP contribution is -2.22. The fraction of sp³-hybridized carbons (Fsp3) is 0.176. The van der Waals surface area contributed by atoms with Gasteiger partial charge in [-0.15, -0.1) is 0 Å². The highest BCUT2D eigenvalue weighted by Crippen LogP contribution is 2.26. The van der Waals surface area contributed by atoms with Crippen LogP contribution in [-0.4, -0.2) is 36.6 Å². The van der Waals surface area contributed by atoms with E-state index in [2.05, 4.69) is 5.32 Å². The number of carbonyl (C=O) groups excluding carboxylic acids is 2. The number of hydrogen-bond donors (Lipinski definition) is 1. The van der Waals surface area contributed by atoms with Gasteiger partial charge in [0, 0.05) is 30.2 Å². The smallest absolute Gasteiger partial charge is 0.288 e. The van der Waals surface area contributed by atoms with Crippen LogP contribution in [0.3, 0.4) is 0 Å². The summed E-state index contributed by atoms with van der Waals surface area (Å²) in [4.78, 5) is 25.9. The van der Waals surface area contributed by atoms with Crippen LogP contribution in [0, 0.1) is 0 Å². The first-order valence-corrected chi connectivity index (χ1v) is 8.41. The van der Waals surface area contributed by atoms with E-state index >= 15 is 0 Å². The average molecular weight is 385 g/mol. The number of nitrogens with one attached hydrogen (secondary N) is 1. The predicted octanol–water partition coefficient (Wildman–Crippen LogP) is 4.61. The number of anilines is 1. The number of benzene rings is 2. The summed E-state index contributed by atoms with van der Waals surface area (Å²) in [5, 5.41) is 2.87. The SMILES string of the molecule is CN(C)C(=O)c1ccc(NC(=O)c2ccc(SC(F)F)cc2)cc1Cl. The number of hydrogen-bond acceptors (Lipinski definition) is 3. The second-order valence-electron chi connectivity index (χ2n) is 5.25. The van der Waals surface area contributed by atoms with Crippen molar-refractivity contribution in [3.8, 4) is 0 Å². The van der Waals surface area contributed by atoms with Crippen molar-refractivity contribution < 1.29 is 18.4 Å². The van der Waals surface area contributed by atoms with Gasteiger partial charge in [0.15, 0.2) is 0 Å². The van der Waals surface area contributed by atoms with E-state index in [-0.39, 0.29) is 10.9 Å². The third-order valence-corrected chi connectivity index (χ3v) is 4.24. The minimum atomic E-state index is -2.51. The van der Waals surface area contributed by atoms with Gasteiger partial charge in [0.1, 0.15) is 0 Å². The topological polar surface area (TPSA) is 49.4 Å². The third kappa shape index (κ3) is 5.17. The van der Waals surface area contributed by atoms with Crippen molar-refractivity contribution in [3.05, 3.63) is 58.6 Å². The van der Waals surface area contributed by atoms with Gasteiger partial charge in [-0.3, -0.25) is 9.59 Å². The van der Waals surface area contributed by atoms with Crippen LogP contribution in [0.15, 0.2) is 47.4 Å². The van der Waals surface area contributed by atoms with Gasteiger partial charge in [-0.25, -0.2) is 0 Å². The van der Waals surface area contributed by atoms with E-state index < -0.39 is 11.7 Å². The largest absolute Gasteiger partial charge is 0.345 e. The van der Waals surface area contributed by atoms with Crippen LogP contribution in [0.5, 0.6) is 0 Å². The number of alkyl halides is 2. The lowest BCUT2D eigenvalue weighted by molar-refractivity contribution is 0.0827. The Labute approximate surface area is 153 Å². The molecule has 4 nitrogen and oxygen atoms in total. The quantitative estimate of drug-likeness (QED) is 0.766. The zero-order valence-electron chi connectivity index (χ0n) is 13.4. The van der Waals surface area contributed by atoms with Crippen LogP contribution < -0.4 is 5.32 Å². The van der Waals surface area contributed by atoms with Gasteiger partial charge in [0.25, 0.3) is 17.6 Å². The summed E-state index contributed by atoms with van der Waals surface area (Å²) in [7, 11) is 3.23. The van der Waals surface area contributed by atoms with Gasteiger partial charge in [0.2, 0.25) is 0 Å². The summed E-state index contributed by atoms with van der Waals surface area (Å²) in [6, 6.07) is 10.4. The molecule has 2 rings (SSSR count). The minimum Gasteiger partial charge on any atom is -0.345 e. The second kappa shape index (κ2) is 8.31. The van der Waals surface area contributed by atoms with Crippen molar-refractivity contribution in [1.29, 1.82) is 0 Å². The van der Waals surface area contributed by atoms with Crippen LogP contribution in [0.4, 0.5) is 14.5 Å². The fourth-order valence-corrected chi connectivity index (χ4v) is 2.76. The maximum atomic E-state index is 12.3. The molecule has 0 aliphatic rings. The number of amides is 2. The molecule has 0 spiro atoms. The third-order valence-electron chi connectivity index (χ3n) is 3.21. The maximum absolute atomic E-state index is 12.3. The molecule has 2 aromatic rings. The summed E-state index contributed by atoms with van der Waals surface area (Å²) >= 11 is 6.51. The molecule has 0 aliphatic carbocycles. The van der Waals surface area contributed by atoms with Crippen LogP contribution in [0.25, 0.3) is 0 Å². The molecular weight excluding hydrogens is 370 g/mol. The Morgan fingerprint density at radius 3 is 2.28 bits per heavy atom. The molecule has 2 aromatic carbocycles. The Hall–Kier alpha value is -2.12. The molecule has 0 atom stereocenters. The first-order chi connectivity index (χ1) is 11.8. The van der Waals surface area contributed by atoms with Crippen molar-refractivity contribution in [1.82, 2.24) is 4.90 Å². The molecule has 1 N–H and O–H groups in total. The number of rotatable bonds is 5. The normalized spacial score (nSPS) is 10.6. The summed E-state index contributed by atoms with van der Waals surface area (Å²) in [6.07, 6.45) is 0. The monoisotopic (exact) mass is 384 g/mol. The van der Waals surface area contributed by atoms with Crippen molar-refractivity contribution >= 4 is 40.9 Å². The lowest BCUT2D eigenvalue weighted by atomic mass is 10.1. The molecule has 2 amide bonds. The second-order valence-corrected chi connectivity index (χ2v) is 6.72. The molecule has 0 aromatic heterocycles. The van der Waals surface area contributed by atoms with Gasteiger partial charge >= 0.3 is 0 Å². The van der Waals surface area contributed by atoms with Crippen LogP contribution in [-0.2, 0) is 0 Å². The highest BCUT2D eigenvalue weighted by molar-refractivity contribution is 7.99. The number of nitrogens with zero attached hydrogens (tertiary/aromatic N) is 1. The standard InChI is InChI=1S/C17H15ClF2N2O2S/c1-22(2)16(24)13-8-5-11(9-14(13)18)21-15(23)10-3-6-12(7-4-10)25-17(19)20/h3-9,17H,1-2H3,(H,21,23). The van der Waals surface area contributed by atoms with Gasteiger partial charge < -0.3 is 10.2 Å². The van der Waals surface area contributed by atoms with E-state index in [9.17, 15) is 18.4 Å². The van der Waals surface area contributed by atoms with E-state index in [1.165, 1.54) is 41.3 Å². The number of halogens is 3. The fourth-order valence-electron chi connectivity index (χ4n) is 2.00. The maximum Gasteiger partial charge on any atom is 0.288 e. The van der Waals surface area contributed by atoms with E-state index in [4.69, 9.17) is 11.6 Å². The first kappa shape index (κ1) is 19.2. The van der Waals surface area contributed by atoms with Crippen LogP contribution >= 0.6 is 23.4 Å². The Balaban J connectivity index is 2.10. The van der Waals surface area contributed by atoms with Gasteiger partial charge in [-0.2, -0.15) is 8.78 Å². The molecule has 0 saturated heterocycles. The minimum absolute atomic E-state index is 0.222. The number of thioether (sulfide) groups is 1. The molecule has 0 radical (unpaired) electrons. The summed E-state index contributed by atoms with van der Waals surface area (Å²) < 4.78 is 24.6. The summed E-state index contributed by atoms with van der Waals surface area (Å²) in [6.45, 7) is 0. The van der Waals surface area contributed by atoms with Crippen molar-refractivity contribution in [2.24, 2.45) is 0 Å². The van der Waals surface area contributed by atoms with Crippen molar-refractivity contribution in [3.63, 3.8) is 0 Å². The molecular formula is C17H15ClF2N2O2S. The highest BCUT2D eigenvalue weighted by Gasteiger charge is 2.14. The van der Waals surface area contributed by atoms with Crippen molar-refractivity contribution in [2.45, 2.75) is 10.7 Å². The zero-order valence-corrected chi connectivity index (χ0v) is 15.0. The van der Waals surface area contributed by atoms with Gasteiger partial charge in [-0.05, 0) is 42.5 Å². The van der Waals surface area contributed by atoms with E-state index in [1.807, 2.05) is 0 Å². The Kier molecular flexibility index (Phi) is 6.39. The zero-order chi connectivity index (χ0) is 18.6. The molecule has 0 bridgehead atoms. The van der Waals surface area contributed by atoms with Crippen LogP contribution in [0.1, 0.15) is 20.7 Å². The Morgan fingerprint density at radius 2 is 1.76 bits per heavy atom. The highest BCUT2D eigenvalue weighted by atomic mass is 35.5. The molecule has 0 unspecified atom stereocenters. The molecule has 0 saturated carbocycles. The molecule has 0 heterocycles. The van der Waals surface area contributed by atoms with E-state index in [0.717, 1.165) is 0 Å². The molecule has 0 fully saturated rings. The molecule has 25 heavy (non-hydrogen) atoms. The average Bonchev–Trinajstić information content (AvgIpc) is 2.54. The summed E-state index contributed by atoms with van der Waals surface area (Å²) in [5.74, 6) is -3.16. The Morgan fingerprint density at radius 1 is 1.12 bits per heavy atom. The first-order valence-electron chi connectivity index (χ1n) is 7.15. The molecule has 132 valence electrons. The summed E-state index contributed by atoms with van der Waals surface area (Å²) in [5.41, 5.74) is 1.08. The predicted molar refractivity (Wildman–Crippen MR) is 95.7 cm³/mol. The molecule has 8 heteroatoms. The van der Waals surface area contributed by atoms with E-state index in [1.54, 1.807) is 20.2 Å².